The van der Waals surface area contributed by atoms with E-state index in [1.807, 2.05) is 31.2 Å². The Bertz CT molecular complexity index is 433. The van der Waals surface area contributed by atoms with Gasteiger partial charge in [-0.15, -0.1) is 0 Å². The van der Waals surface area contributed by atoms with E-state index >= 15 is 0 Å². The molecule has 0 aliphatic carbocycles. The van der Waals surface area contributed by atoms with Crippen LogP contribution in [0.25, 0.3) is 0 Å². The zero-order valence-electron chi connectivity index (χ0n) is 11.3. The molecule has 1 saturated heterocycles. The average Bonchev–Trinajstić information content (AvgIpc) is 2.83. The van der Waals surface area contributed by atoms with Crippen LogP contribution in [0.15, 0.2) is 24.3 Å². The molecule has 0 saturated carbocycles. The van der Waals surface area contributed by atoms with Gasteiger partial charge in [-0.1, -0.05) is 18.2 Å². The quantitative estimate of drug-likeness (QED) is 0.823. The number of para-hydroxylation sites is 1. The van der Waals surface area contributed by atoms with E-state index < -0.39 is 0 Å². The third-order valence-corrected chi connectivity index (χ3v) is 3.40. The molecule has 1 aromatic carbocycles. The number of ether oxygens (including phenoxy) is 1. The molecule has 0 bridgehead atoms. The first-order valence-electron chi connectivity index (χ1n) is 6.81. The highest BCUT2D eigenvalue weighted by molar-refractivity contribution is 5.76. The van der Waals surface area contributed by atoms with Crippen LogP contribution in [0.3, 0.4) is 0 Å². The van der Waals surface area contributed by atoms with Gasteiger partial charge in [0.05, 0.1) is 12.7 Å². The van der Waals surface area contributed by atoms with E-state index in [0.29, 0.717) is 39.0 Å². The number of aliphatic hydroxyl groups is 1. The molecule has 0 unspecified atom stereocenters. The topological polar surface area (TPSA) is 49.8 Å². The average molecular weight is 263 g/mol. The SMILES string of the molecule is Cc1ccccc1OCCCC(=O)N1CC[C@H](O)C1. The van der Waals surface area contributed by atoms with Crippen molar-refractivity contribution in [3.63, 3.8) is 0 Å². The van der Waals surface area contributed by atoms with E-state index in [0.717, 1.165) is 11.3 Å². The number of aliphatic hydroxyl groups excluding tert-OH is 1. The van der Waals surface area contributed by atoms with Gasteiger partial charge in [0, 0.05) is 19.5 Å². The fourth-order valence-corrected chi connectivity index (χ4v) is 2.25. The summed E-state index contributed by atoms with van der Waals surface area (Å²) >= 11 is 0. The van der Waals surface area contributed by atoms with Crippen molar-refractivity contribution in [3.8, 4) is 5.75 Å². The molecular weight excluding hydrogens is 242 g/mol. The summed E-state index contributed by atoms with van der Waals surface area (Å²) in [6.07, 6.45) is 1.55. The van der Waals surface area contributed by atoms with Crippen molar-refractivity contribution in [3.05, 3.63) is 29.8 Å². The Morgan fingerprint density at radius 3 is 2.95 bits per heavy atom. The van der Waals surface area contributed by atoms with Gasteiger partial charge in [-0.25, -0.2) is 0 Å². The number of aryl methyl sites for hydroxylation is 1. The molecule has 1 N–H and O–H groups in total. The van der Waals surface area contributed by atoms with Crippen LogP contribution in [0.2, 0.25) is 0 Å². The molecule has 1 atom stereocenters. The van der Waals surface area contributed by atoms with Crippen molar-refractivity contribution < 1.29 is 14.6 Å². The Balaban J connectivity index is 1.67. The Labute approximate surface area is 114 Å². The maximum absolute atomic E-state index is 11.8. The van der Waals surface area contributed by atoms with Gasteiger partial charge in [0.1, 0.15) is 5.75 Å². The van der Waals surface area contributed by atoms with E-state index in [1.165, 1.54) is 0 Å². The minimum atomic E-state index is -0.341. The Hall–Kier alpha value is -1.55. The number of carbonyl (C=O) groups is 1. The van der Waals surface area contributed by atoms with Crippen molar-refractivity contribution in [2.24, 2.45) is 0 Å². The molecule has 0 aromatic heterocycles. The number of rotatable bonds is 5. The number of hydrogen-bond donors (Lipinski definition) is 1. The first-order valence-corrected chi connectivity index (χ1v) is 6.81. The number of nitrogens with zero attached hydrogens (tertiary/aromatic N) is 1. The smallest absolute Gasteiger partial charge is 0.222 e. The maximum Gasteiger partial charge on any atom is 0.222 e. The lowest BCUT2D eigenvalue weighted by Gasteiger charge is -2.15. The lowest BCUT2D eigenvalue weighted by molar-refractivity contribution is -0.130. The first-order chi connectivity index (χ1) is 9.16. The summed E-state index contributed by atoms with van der Waals surface area (Å²) in [7, 11) is 0. The second-order valence-electron chi connectivity index (χ2n) is 5.00. The summed E-state index contributed by atoms with van der Waals surface area (Å²) in [4.78, 5) is 13.6. The van der Waals surface area contributed by atoms with Crippen LogP contribution in [0.4, 0.5) is 0 Å². The monoisotopic (exact) mass is 263 g/mol. The van der Waals surface area contributed by atoms with Gasteiger partial charge in [0.15, 0.2) is 0 Å². The van der Waals surface area contributed by atoms with Gasteiger partial charge in [0.2, 0.25) is 5.91 Å². The number of hydrogen-bond acceptors (Lipinski definition) is 3. The fourth-order valence-electron chi connectivity index (χ4n) is 2.25. The maximum atomic E-state index is 11.8. The second kappa shape index (κ2) is 6.57. The van der Waals surface area contributed by atoms with E-state index in [9.17, 15) is 9.90 Å². The number of β-amino-alcohol motifs (C(OH)–C–C–N with tert-alkyl or cyclic N) is 1. The summed E-state index contributed by atoms with van der Waals surface area (Å²) in [6, 6.07) is 7.86. The van der Waals surface area contributed by atoms with Crippen LogP contribution in [0.1, 0.15) is 24.8 Å². The zero-order valence-corrected chi connectivity index (χ0v) is 11.3. The Morgan fingerprint density at radius 2 is 2.26 bits per heavy atom. The fraction of sp³-hybridized carbons (Fsp3) is 0.533. The summed E-state index contributed by atoms with van der Waals surface area (Å²) in [6.45, 7) is 3.72. The van der Waals surface area contributed by atoms with Crippen molar-refractivity contribution >= 4 is 5.91 Å². The van der Waals surface area contributed by atoms with Crippen LogP contribution < -0.4 is 4.74 Å². The molecule has 1 aliphatic rings. The van der Waals surface area contributed by atoms with Gasteiger partial charge in [-0.2, -0.15) is 0 Å². The minimum Gasteiger partial charge on any atom is -0.493 e. The zero-order chi connectivity index (χ0) is 13.7. The van der Waals surface area contributed by atoms with Crippen molar-refractivity contribution in [2.45, 2.75) is 32.3 Å². The van der Waals surface area contributed by atoms with Gasteiger partial charge in [-0.05, 0) is 31.4 Å². The number of amides is 1. The summed E-state index contributed by atoms with van der Waals surface area (Å²) in [5.41, 5.74) is 1.11. The standard InChI is InChI=1S/C15H21NO3/c1-12-5-2-3-6-14(12)19-10-4-7-15(18)16-9-8-13(17)11-16/h2-3,5-6,13,17H,4,7-11H2,1H3/t13-/m0/s1. The molecule has 4 nitrogen and oxygen atoms in total. The van der Waals surface area contributed by atoms with Gasteiger partial charge >= 0.3 is 0 Å². The number of likely N-dealkylation sites (tertiary alicyclic amines) is 1. The summed E-state index contributed by atoms with van der Waals surface area (Å²) < 4.78 is 5.65. The predicted molar refractivity (Wildman–Crippen MR) is 73.1 cm³/mol. The molecule has 1 aromatic rings. The summed E-state index contributed by atoms with van der Waals surface area (Å²) in [5, 5.41) is 9.38. The van der Waals surface area contributed by atoms with E-state index in [1.54, 1.807) is 4.90 Å². The Morgan fingerprint density at radius 1 is 1.47 bits per heavy atom. The molecule has 0 spiro atoms. The molecule has 1 amide bonds. The lowest BCUT2D eigenvalue weighted by atomic mass is 10.2. The second-order valence-corrected chi connectivity index (χ2v) is 5.00. The van der Waals surface area contributed by atoms with E-state index in [-0.39, 0.29) is 12.0 Å². The molecule has 4 heteroatoms. The van der Waals surface area contributed by atoms with Crippen molar-refractivity contribution in [1.82, 2.24) is 4.90 Å². The highest BCUT2D eigenvalue weighted by Crippen LogP contribution is 2.17. The summed E-state index contributed by atoms with van der Waals surface area (Å²) in [5.74, 6) is 0.997. The number of benzene rings is 1. The minimum absolute atomic E-state index is 0.116. The Kier molecular flexibility index (Phi) is 4.80. The van der Waals surface area contributed by atoms with Crippen LogP contribution in [-0.4, -0.2) is 41.7 Å². The molecule has 0 radical (unpaired) electrons. The van der Waals surface area contributed by atoms with Crippen LogP contribution in [-0.2, 0) is 4.79 Å². The van der Waals surface area contributed by atoms with Gasteiger partial charge < -0.3 is 14.7 Å². The molecule has 1 heterocycles. The van der Waals surface area contributed by atoms with Crippen LogP contribution >= 0.6 is 0 Å². The molecular formula is C15H21NO3. The van der Waals surface area contributed by atoms with E-state index in [2.05, 4.69) is 0 Å². The third-order valence-electron chi connectivity index (χ3n) is 3.40. The molecule has 104 valence electrons. The normalized spacial score (nSPS) is 18.6. The van der Waals surface area contributed by atoms with Crippen molar-refractivity contribution in [1.29, 1.82) is 0 Å². The largest absolute Gasteiger partial charge is 0.493 e. The van der Waals surface area contributed by atoms with Gasteiger partial charge in [-0.3, -0.25) is 4.79 Å². The molecule has 19 heavy (non-hydrogen) atoms. The van der Waals surface area contributed by atoms with Crippen LogP contribution in [0, 0.1) is 6.92 Å². The predicted octanol–water partition coefficient (Wildman–Crippen LogP) is 1.75. The van der Waals surface area contributed by atoms with Crippen LogP contribution in [0.5, 0.6) is 5.75 Å². The van der Waals surface area contributed by atoms with E-state index in [4.69, 9.17) is 4.74 Å². The molecule has 2 rings (SSSR count). The highest BCUT2D eigenvalue weighted by atomic mass is 16.5. The highest BCUT2D eigenvalue weighted by Gasteiger charge is 2.23. The number of carbonyl (C=O) groups excluding carboxylic acids is 1. The van der Waals surface area contributed by atoms with Crippen molar-refractivity contribution in [2.75, 3.05) is 19.7 Å². The lowest BCUT2D eigenvalue weighted by Crippen LogP contribution is -2.29. The first kappa shape index (κ1) is 13.9. The third kappa shape index (κ3) is 3.96. The molecule has 1 aliphatic heterocycles. The molecule has 1 fully saturated rings. The van der Waals surface area contributed by atoms with Gasteiger partial charge in [0.25, 0.3) is 0 Å².